The maximum atomic E-state index is 4.81. The van der Waals surface area contributed by atoms with Crippen LogP contribution in [0.3, 0.4) is 0 Å². The van der Waals surface area contributed by atoms with Crippen LogP contribution in [-0.2, 0) is 6.54 Å². The molecule has 3 aromatic carbocycles. The molecule has 0 radical (unpaired) electrons. The first kappa shape index (κ1) is 25.5. The van der Waals surface area contributed by atoms with Crippen molar-refractivity contribution in [1.82, 2.24) is 19.5 Å². The molecule has 2 heterocycles. The fourth-order valence-corrected chi connectivity index (χ4v) is 5.51. The van der Waals surface area contributed by atoms with Crippen molar-refractivity contribution in [2.75, 3.05) is 25.5 Å². The van der Waals surface area contributed by atoms with Crippen LogP contribution in [0.1, 0.15) is 17.5 Å². The number of halogens is 1. The average Bonchev–Trinajstić information content (AvgIpc) is 3.30. The van der Waals surface area contributed by atoms with Crippen LogP contribution in [0.5, 0.6) is 0 Å². The van der Waals surface area contributed by atoms with E-state index >= 15 is 0 Å². The van der Waals surface area contributed by atoms with Crippen LogP contribution < -0.4 is 5.32 Å². The Balaban J connectivity index is 1.20. The highest BCUT2D eigenvalue weighted by molar-refractivity contribution is 9.10. The van der Waals surface area contributed by atoms with E-state index < -0.39 is 0 Å². The third-order valence-corrected chi connectivity index (χ3v) is 7.87. The molecule has 5 rings (SSSR count). The Hall–Kier alpha value is -3.13. The molecule has 1 N–H and O–H groups in total. The van der Waals surface area contributed by atoms with Gasteiger partial charge in [0.25, 0.3) is 0 Å². The number of aromatic nitrogens is 3. The zero-order chi connectivity index (χ0) is 25.6. The van der Waals surface area contributed by atoms with E-state index in [-0.39, 0.29) is 0 Å². The van der Waals surface area contributed by atoms with E-state index in [1.165, 1.54) is 20.9 Å². The minimum Gasteiger partial charge on any atom is -0.370 e. The Morgan fingerprint density at radius 1 is 0.973 bits per heavy atom. The van der Waals surface area contributed by atoms with Gasteiger partial charge in [-0.25, -0.2) is 4.98 Å². The van der Waals surface area contributed by atoms with Gasteiger partial charge in [0.15, 0.2) is 5.65 Å². The molecule has 0 aliphatic rings. The van der Waals surface area contributed by atoms with Crippen LogP contribution in [-0.4, -0.2) is 39.6 Å². The van der Waals surface area contributed by atoms with Crippen molar-refractivity contribution in [3.8, 4) is 11.3 Å². The third kappa shape index (κ3) is 6.42. The predicted octanol–water partition coefficient (Wildman–Crippen LogP) is 7.55. The Morgan fingerprint density at radius 2 is 1.73 bits per heavy atom. The molecule has 0 atom stereocenters. The Labute approximate surface area is 231 Å². The molecule has 0 bridgehead atoms. The molecule has 5 nitrogen and oxygen atoms in total. The summed E-state index contributed by atoms with van der Waals surface area (Å²) in [6, 6.07) is 29.8. The summed E-state index contributed by atoms with van der Waals surface area (Å²) in [5.74, 6) is 0.942. The van der Waals surface area contributed by atoms with Gasteiger partial charge in [-0.1, -0.05) is 78.0 Å². The summed E-state index contributed by atoms with van der Waals surface area (Å²) >= 11 is 5.42. The maximum Gasteiger partial charge on any atom is 0.172 e. The molecule has 0 amide bonds. The number of nitrogens with zero attached hydrogens (tertiary/aromatic N) is 4. The molecule has 0 fully saturated rings. The molecule has 0 unspecified atom stereocenters. The van der Waals surface area contributed by atoms with Gasteiger partial charge >= 0.3 is 0 Å². The number of fused-ring (bicyclic) bond motifs is 1. The van der Waals surface area contributed by atoms with Crippen molar-refractivity contribution >= 4 is 39.2 Å². The van der Waals surface area contributed by atoms with Crippen LogP contribution in [0.2, 0.25) is 0 Å². The van der Waals surface area contributed by atoms with Crippen molar-refractivity contribution in [3.05, 3.63) is 107 Å². The first-order valence-electron chi connectivity index (χ1n) is 12.4. The van der Waals surface area contributed by atoms with Crippen LogP contribution in [0.25, 0.3) is 16.9 Å². The van der Waals surface area contributed by atoms with E-state index in [0.717, 1.165) is 53.3 Å². The SMILES string of the molecule is Cc1ccc(Sc2ccccc2CN(C)CCCNc2cc(-c3ccccc3)nc3c(Br)cnn23)cc1. The van der Waals surface area contributed by atoms with Gasteiger partial charge in [0.2, 0.25) is 0 Å². The molecule has 0 aliphatic carbocycles. The number of benzene rings is 3. The van der Waals surface area contributed by atoms with E-state index in [1.807, 2.05) is 34.5 Å². The number of aryl methyl sites for hydroxylation is 1. The summed E-state index contributed by atoms with van der Waals surface area (Å²) in [5.41, 5.74) is 5.46. The minimum absolute atomic E-state index is 0.809. The Kier molecular flexibility index (Phi) is 8.24. The lowest BCUT2D eigenvalue weighted by atomic mass is 10.1. The first-order valence-corrected chi connectivity index (χ1v) is 14.0. The molecule has 0 saturated heterocycles. The zero-order valence-corrected chi connectivity index (χ0v) is 23.5. The van der Waals surface area contributed by atoms with Gasteiger partial charge in [-0.05, 0) is 66.6 Å². The standard InChI is InChI=1S/C30H30BrN5S/c1-22-13-15-25(16-14-22)37-28-12-7-6-11-24(28)21-35(2)18-8-17-32-29-19-27(23-9-4-3-5-10-23)34-30-26(31)20-33-36(29)30/h3-7,9-16,19-20,32H,8,17-18,21H2,1-2H3. The number of anilines is 1. The minimum atomic E-state index is 0.809. The molecule has 7 heteroatoms. The molecular formula is C30H30BrN5S. The molecule has 5 aromatic rings. The summed E-state index contributed by atoms with van der Waals surface area (Å²) in [6.45, 7) is 4.87. The van der Waals surface area contributed by atoms with Crippen LogP contribution in [0, 0.1) is 6.92 Å². The van der Waals surface area contributed by atoms with Crippen molar-refractivity contribution in [3.63, 3.8) is 0 Å². The topological polar surface area (TPSA) is 45.5 Å². The first-order chi connectivity index (χ1) is 18.1. The van der Waals surface area contributed by atoms with E-state index in [0.29, 0.717) is 0 Å². The van der Waals surface area contributed by atoms with Crippen LogP contribution >= 0.6 is 27.7 Å². The summed E-state index contributed by atoms with van der Waals surface area (Å²) in [7, 11) is 2.19. The maximum absolute atomic E-state index is 4.81. The summed E-state index contributed by atoms with van der Waals surface area (Å²) in [4.78, 5) is 9.79. The highest BCUT2D eigenvalue weighted by Gasteiger charge is 2.12. The second-order valence-electron chi connectivity index (χ2n) is 9.16. The fourth-order valence-electron chi connectivity index (χ4n) is 4.22. The summed E-state index contributed by atoms with van der Waals surface area (Å²) in [5, 5.41) is 8.09. The highest BCUT2D eigenvalue weighted by Crippen LogP contribution is 2.31. The third-order valence-electron chi connectivity index (χ3n) is 6.18. The van der Waals surface area contributed by atoms with Gasteiger partial charge in [0.05, 0.1) is 16.4 Å². The Morgan fingerprint density at radius 3 is 2.54 bits per heavy atom. The zero-order valence-electron chi connectivity index (χ0n) is 21.1. The average molecular weight is 573 g/mol. The summed E-state index contributed by atoms with van der Waals surface area (Å²) in [6.07, 6.45) is 2.80. The van der Waals surface area contributed by atoms with Gasteiger partial charge in [-0.2, -0.15) is 9.61 Å². The Bertz CT molecular complexity index is 1470. The monoisotopic (exact) mass is 571 g/mol. The highest BCUT2D eigenvalue weighted by atomic mass is 79.9. The molecule has 0 saturated carbocycles. The lowest BCUT2D eigenvalue weighted by molar-refractivity contribution is 0.323. The van der Waals surface area contributed by atoms with Gasteiger partial charge in [-0.3, -0.25) is 0 Å². The summed E-state index contributed by atoms with van der Waals surface area (Å²) < 4.78 is 2.74. The quantitative estimate of drug-likeness (QED) is 0.175. The van der Waals surface area contributed by atoms with Gasteiger partial charge < -0.3 is 10.2 Å². The van der Waals surface area contributed by atoms with E-state index in [1.54, 1.807) is 6.20 Å². The smallest absolute Gasteiger partial charge is 0.172 e. The number of rotatable bonds is 10. The van der Waals surface area contributed by atoms with Crippen molar-refractivity contribution in [2.24, 2.45) is 0 Å². The molecular weight excluding hydrogens is 542 g/mol. The van der Waals surface area contributed by atoms with Crippen molar-refractivity contribution < 1.29 is 0 Å². The van der Waals surface area contributed by atoms with E-state index in [2.05, 4.69) is 112 Å². The number of hydrogen-bond donors (Lipinski definition) is 1. The van der Waals surface area contributed by atoms with Gasteiger partial charge in [0, 0.05) is 34.5 Å². The lowest BCUT2D eigenvalue weighted by Gasteiger charge is -2.19. The molecule has 2 aromatic heterocycles. The fraction of sp³-hybridized carbons (Fsp3) is 0.200. The second-order valence-corrected chi connectivity index (χ2v) is 11.1. The van der Waals surface area contributed by atoms with E-state index in [4.69, 9.17) is 4.98 Å². The number of nitrogens with one attached hydrogen (secondary N) is 1. The normalized spacial score (nSPS) is 11.4. The second kappa shape index (κ2) is 11.9. The van der Waals surface area contributed by atoms with E-state index in [9.17, 15) is 0 Å². The van der Waals surface area contributed by atoms with Gasteiger partial charge in [0.1, 0.15) is 5.82 Å². The molecule has 37 heavy (non-hydrogen) atoms. The largest absolute Gasteiger partial charge is 0.370 e. The van der Waals surface area contributed by atoms with Crippen molar-refractivity contribution in [2.45, 2.75) is 29.7 Å². The number of hydrogen-bond acceptors (Lipinski definition) is 5. The lowest BCUT2D eigenvalue weighted by Crippen LogP contribution is -2.22. The molecule has 0 spiro atoms. The van der Waals surface area contributed by atoms with Crippen molar-refractivity contribution in [1.29, 1.82) is 0 Å². The van der Waals surface area contributed by atoms with Crippen LogP contribution in [0.4, 0.5) is 5.82 Å². The van der Waals surface area contributed by atoms with Gasteiger partial charge in [-0.15, -0.1) is 0 Å². The molecule has 188 valence electrons. The molecule has 0 aliphatic heterocycles. The van der Waals surface area contributed by atoms with Crippen LogP contribution in [0.15, 0.2) is 105 Å². The predicted molar refractivity (Wildman–Crippen MR) is 157 cm³/mol.